The first-order valence-electron chi connectivity index (χ1n) is 5.71. The molecule has 0 aliphatic rings. The molecule has 2 N–H and O–H groups in total. The van der Waals surface area contributed by atoms with Gasteiger partial charge in [-0.25, -0.2) is 0 Å². The number of nitrogens with zero attached hydrogens (tertiary/aromatic N) is 2. The van der Waals surface area contributed by atoms with Crippen molar-refractivity contribution in [3.63, 3.8) is 0 Å². The van der Waals surface area contributed by atoms with Gasteiger partial charge in [0.1, 0.15) is 11.6 Å². The van der Waals surface area contributed by atoms with Crippen LogP contribution < -0.4 is 10.5 Å². The van der Waals surface area contributed by atoms with Crippen molar-refractivity contribution in [1.29, 1.82) is 0 Å². The van der Waals surface area contributed by atoms with Crippen molar-refractivity contribution >= 4 is 17.4 Å². The number of aryl methyl sites for hydroxylation is 1. The lowest BCUT2D eigenvalue weighted by Crippen LogP contribution is -2.00. The standard InChI is InChI=1S/C13H16ClN3O2/c1-17-13(15)10(6-16-17)9-5-11(14)12(19-3)4-8(9)7-18-2/h4-6H,7,15H2,1-3H3. The lowest BCUT2D eigenvalue weighted by atomic mass is 10.0. The van der Waals surface area contributed by atoms with Crippen LogP contribution in [0.1, 0.15) is 5.56 Å². The van der Waals surface area contributed by atoms with Gasteiger partial charge in [-0.2, -0.15) is 5.10 Å². The van der Waals surface area contributed by atoms with Crippen LogP contribution in [-0.2, 0) is 18.4 Å². The number of halogens is 1. The fraction of sp³-hybridized carbons (Fsp3) is 0.308. The number of nitrogens with two attached hydrogens (primary N) is 1. The molecule has 6 heteroatoms. The summed E-state index contributed by atoms with van der Waals surface area (Å²) in [4.78, 5) is 0. The Balaban J connectivity index is 2.61. The highest BCUT2D eigenvalue weighted by Crippen LogP contribution is 2.36. The van der Waals surface area contributed by atoms with Crippen LogP contribution in [-0.4, -0.2) is 24.0 Å². The van der Waals surface area contributed by atoms with Gasteiger partial charge in [-0.05, 0) is 23.3 Å². The van der Waals surface area contributed by atoms with Crippen LogP contribution in [0.4, 0.5) is 5.82 Å². The topological polar surface area (TPSA) is 62.3 Å². The van der Waals surface area contributed by atoms with Crippen LogP contribution in [0.2, 0.25) is 5.02 Å². The van der Waals surface area contributed by atoms with Crippen LogP contribution in [0.15, 0.2) is 18.3 Å². The minimum atomic E-state index is 0.442. The molecule has 2 rings (SSSR count). The molecular weight excluding hydrogens is 266 g/mol. The van der Waals surface area contributed by atoms with Gasteiger partial charge < -0.3 is 15.2 Å². The Morgan fingerprint density at radius 3 is 2.58 bits per heavy atom. The number of methoxy groups -OCH3 is 2. The molecule has 0 saturated carbocycles. The number of aromatic nitrogens is 2. The first-order chi connectivity index (χ1) is 9.08. The summed E-state index contributed by atoms with van der Waals surface area (Å²) < 4.78 is 12.0. The summed E-state index contributed by atoms with van der Waals surface area (Å²) in [7, 11) is 5.01. The molecule has 0 bridgehead atoms. The molecule has 0 amide bonds. The molecule has 0 radical (unpaired) electrons. The van der Waals surface area contributed by atoms with Gasteiger partial charge in [0, 0.05) is 19.7 Å². The zero-order chi connectivity index (χ0) is 14.0. The van der Waals surface area contributed by atoms with Crippen molar-refractivity contribution < 1.29 is 9.47 Å². The van der Waals surface area contributed by atoms with Crippen molar-refractivity contribution in [2.24, 2.45) is 7.05 Å². The minimum absolute atomic E-state index is 0.442. The van der Waals surface area contributed by atoms with Gasteiger partial charge in [-0.15, -0.1) is 0 Å². The lowest BCUT2D eigenvalue weighted by Gasteiger charge is -2.12. The van der Waals surface area contributed by atoms with Gasteiger partial charge in [0.15, 0.2) is 0 Å². The lowest BCUT2D eigenvalue weighted by molar-refractivity contribution is 0.185. The number of rotatable bonds is 4. The molecule has 102 valence electrons. The largest absolute Gasteiger partial charge is 0.495 e. The van der Waals surface area contributed by atoms with Crippen molar-refractivity contribution in [1.82, 2.24) is 9.78 Å². The Morgan fingerprint density at radius 1 is 1.32 bits per heavy atom. The Hall–Kier alpha value is -1.72. The SMILES string of the molecule is COCc1cc(OC)c(Cl)cc1-c1cnn(C)c1N. The zero-order valence-corrected chi connectivity index (χ0v) is 11.9. The van der Waals surface area contributed by atoms with Gasteiger partial charge in [0.2, 0.25) is 0 Å². The van der Waals surface area contributed by atoms with Crippen LogP contribution in [0.5, 0.6) is 5.75 Å². The summed E-state index contributed by atoms with van der Waals surface area (Å²) in [6, 6.07) is 3.68. The Bertz CT molecular complexity index is 596. The maximum atomic E-state index is 6.18. The van der Waals surface area contributed by atoms with Gasteiger partial charge in [0.25, 0.3) is 0 Å². The molecule has 0 spiro atoms. The molecule has 0 unspecified atom stereocenters. The quantitative estimate of drug-likeness (QED) is 0.935. The maximum Gasteiger partial charge on any atom is 0.137 e. The van der Waals surface area contributed by atoms with Crippen molar-refractivity contribution in [2.75, 3.05) is 20.0 Å². The Labute approximate surface area is 116 Å². The summed E-state index contributed by atoms with van der Waals surface area (Å²) in [5.41, 5.74) is 8.69. The number of nitrogen functional groups attached to an aromatic ring is 1. The molecule has 1 heterocycles. The van der Waals surface area contributed by atoms with Crippen LogP contribution in [0.25, 0.3) is 11.1 Å². The third-order valence-electron chi connectivity index (χ3n) is 2.95. The fourth-order valence-corrected chi connectivity index (χ4v) is 2.17. The van der Waals surface area contributed by atoms with E-state index < -0.39 is 0 Å². The van der Waals surface area contributed by atoms with E-state index >= 15 is 0 Å². The molecule has 0 fully saturated rings. The van der Waals surface area contributed by atoms with Crippen LogP contribution >= 0.6 is 11.6 Å². The summed E-state index contributed by atoms with van der Waals surface area (Å²) in [5.74, 6) is 1.19. The maximum absolute atomic E-state index is 6.18. The molecule has 19 heavy (non-hydrogen) atoms. The molecule has 0 aliphatic carbocycles. The molecular formula is C13H16ClN3O2. The summed E-state index contributed by atoms with van der Waals surface area (Å²) in [6.07, 6.45) is 1.71. The van der Waals surface area contributed by atoms with E-state index in [0.29, 0.717) is 23.2 Å². The third kappa shape index (κ3) is 2.52. The van der Waals surface area contributed by atoms with Crippen molar-refractivity contribution in [3.05, 3.63) is 28.9 Å². The van der Waals surface area contributed by atoms with Crippen molar-refractivity contribution in [3.8, 4) is 16.9 Å². The zero-order valence-electron chi connectivity index (χ0n) is 11.1. The first kappa shape index (κ1) is 13.7. The van der Waals surface area contributed by atoms with E-state index in [-0.39, 0.29) is 0 Å². The first-order valence-corrected chi connectivity index (χ1v) is 6.09. The van der Waals surface area contributed by atoms with E-state index in [0.717, 1.165) is 16.7 Å². The predicted octanol–water partition coefficient (Wildman–Crippen LogP) is 2.48. The third-order valence-corrected chi connectivity index (χ3v) is 3.25. The van der Waals surface area contributed by atoms with E-state index in [1.54, 1.807) is 32.1 Å². The van der Waals surface area contributed by atoms with E-state index in [2.05, 4.69) is 5.10 Å². The van der Waals surface area contributed by atoms with Gasteiger partial charge >= 0.3 is 0 Å². The molecule has 2 aromatic rings. The number of hydrogen-bond acceptors (Lipinski definition) is 4. The Morgan fingerprint density at radius 2 is 2.05 bits per heavy atom. The highest BCUT2D eigenvalue weighted by molar-refractivity contribution is 6.32. The molecule has 0 aliphatic heterocycles. The van der Waals surface area contributed by atoms with E-state index in [9.17, 15) is 0 Å². The second-order valence-corrected chi connectivity index (χ2v) is 4.55. The minimum Gasteiger partial charge on any atom is -0.495 e. The highest BCUT2D eigenvalue weighted by Gasteiger charge is 2.15. The normalized spacial score (nSPS) is 10.7. The Kier molecular flexibility index (Phi) is 3.97. The van der Waals surface area contributed by atoms with Gasteiger partial charge in [-0.1, -0.05) is 11.6 Å². The fourth-order valence-electron chi connectivity index (χ4n) is 1.93. The molecule has 0 saturated heterocycles. The van der Waals surface area contributed by atoms with Crippen LogP contribution in [0.3, 0.4) is 0 Å². The second kappa shape index (κ2) is 5.50. The predicted molar refractivity (Wildman–Crippen MR) is 75.3 cm³/mol. The van der Waals surface area contributed by atoms with E-state index in [1.807, 2.05) is 12.1 Å². The van der Waals surface area contributed by atoms with Gasteiger partial charge in [0.05, 0.1) is 24.9 Å². The van der Waals surface area contributed by atoms with E-state index in [1.165, 1.54) is 0 Å². The molecule has 5 nitrogen and oxygen atoms in total. The molecule has 0 atom stereocenters. The highest BCUT2D eigenvalue weighted by atomic mass is 35.5. The average molecular weight is 282 g/mol. The summed E-state index contributed by atoms with van der Waals surface area (Å²) in [6.45, 7) is 0.442. The smallest absolute Gasteiger partial charge is 0.137 e. The van der Waals surface area contributed by atoms with Gasteiger partial charge in [-0.3, -0.25) is 4.68 Å². The van der Waals surface area contributed by atoms with E-state index in [4.69, 9.17) is 26.8 Å². The molecule has 1 aromatic carbocycles. The van der Waals surface area contributed by atoms with Crippen LogP contribution in [0, 0.1) is 0 Å². The number of ether oxygens (including phenoxy) is 2. The average Bonchev–Trinajstić information content (AvgIpc) is 2.72. The number of benzene rings is 1. The molecule has 1 aromatic heterocycles. The second-order valence-electron chi connectivity index (χ2n) is 4.14. The number of hydrogen-bond donors (Lipinski definition) is 1. The monoisotopic (exact) mass is 281 g/mol. The number of anilines is 1. The summed E-state index contributed by atoms with van der Waals surface area (Å²) in [5, 5.41) is 4.67. The summed E-state index contributed by atoms with van der Waals surface area (Å²) >= 11 is 6.18. The van der Waals surface area contributed by atoms with Crippen molar-refractivity contribution in [2.45, 2.75) is 6.61 Å².